The zero-order valence-corrected chi connectivity index (χ0v) is 10.3. The number of anilines is 2. The molecule has 2 nitrogen and oxygen atoms in total. The molecule has 0 fully saturated rings. The maximum absolute atomic E-state index is 13.3. The second-order valence-corrected chi connectivity index (χ2v) is 4.23. The molecular formula is C12H10BrFN2. The quantitative estimate of drug-likeness (QED) is 0.898. The lowest BCUT2D eigenvalue weighted by Gasteiger charge is -2.10. The predicted molar refractivity (Wildman–Crippen MR) is 66.4 cm³/mol. The van der Waals surface area contributed by atoms with Gasteiger partial charge in [-0.25, -0.2) is 9.37 Å². The Balaban J connectivity index is 2.35. The molecule has 0 unspecified atom stereocenters. The van der Waals surface area contributed by atoms with Crippen LogP contribution >= 0.6 is 15.9 Å². The van der Waals surface area contributed by atoms with Gasteiger partial charge >= 0.3 is 0 Å². The molecular weight excluding hydrogens is 271 g/mol. The number of hydrogen-bond acceptors (Lipinski definition) is 2. The predicted octanol–water partition coefficient (Wildman–Crippen LogP) is 4.04. The van der Waals surface area contributed by atoms with E-state index < -0.39 is 0 Å². The van der Waals surface area contributed by atoms with E-state index in [1.54, 1.807) is 19.2 Å². The summed E-state index contributed by atoms with van der Waals surface area (Å²) in [5, 5.41) is 3.08. The van der Waals surface area contributed by atoms with Gasteiger partial charge in [0.05, 0.1) is 4.47 Å². The van der Waals surface area contributed by atoms with E-state index in [0.29, 0.717) is 11.4 Å². The highest BCUT2D eigenvalue weighted by Crippen LogP contribution is 2.25. The first-order valence-electron chi connectivity index (χ1n) is 4.81. The van der Waals surface area contributed by atoms with Crippen molar-refractivity contribution >= 4 is 27.4 Å². The number of aromatic nitrogens is 1. The second-order valence-electron chi connectivity index (χ2n) is 3.37. The molecule has 1 aromatic heterocycles. The third-order valence-corrected chi connectivity index (χ3v) is 2.92. The number of pyridine rings is 1. The maximum Gasteiger partial charge on any atom is 0.144 e. The van der Waals surface area contributed by atoms with E-state index in [1.807, 2.05) is 18.2 Å². The van der Waals surface area contributed by atoms with Crippen LogP contribution in [0.1, 0.15) is 5.56 Å². The summed E-state index contributed by atoms with van der Waals surface area (Å²) in [4.78, 5) is 4.16. The molecule has 1 N–H and O–H groups in total. The molecule has 1 aromatic carbocycles. The summed E-state index contributed by atoms with van der Waals surface area (Å²) in [7, 11) is 0. The molecule has 0 saturated carbocycles. The Bertz CT molecular complexity index is 514. The van der Waals surface area contributed by atoms with Gasteiger partial charge in [0.1, 0.15) is 11.6 Å². The van der Waals surface area contributed by atoms with E-state index in [0.717, 1.165) is 10.2 Å². The maximum atomic E-state index is 13.3. The van der Waals surface area contributed by atoms with Crippen LogP contribution in [0.3, 0.4) is 0 Å². The van der Waals surface area contributed by atoms with Gasteiger partial charge in [0.2, 0.25) is 0 Å². The third kappa shape index (κ3) is 2.22. The van der Waals surface area contributed by atoms with E-state index in [2.05, 4.69) is 26.2 Å². The van der Waals surface area contributed by atoms with Gasteiger partial charge in [-0.2, -0.15) is 0 Å². The Morgan fingerprint density at radius 3 is 2.81 bits per heavy atom. The molecule has 0 aliphatic heterocycles. The summed E-state index contributed by atoms with van der Waals surface area (Å²) < 4.78 is 14.2. The summed E-state index contributed by atoms with van der Waals surface area (Å²) in [5.74, 6) is 0.452. The van der Waals surface area contributed by atoms with E-state index in [1.165, 1.54) is 6.07 Å². The minimum atomic E-state index is -0.225. The van der Waals surface area contributed by atoms with Crippen LogP contribution in [-0.4, -0.2) is 4.98 Å². The number of halogens is 2. The zero-order chi connectivity index (χ0) is 11.5. The van der Waals surface area contributed by atoms with Gasteiger partial charge in [-0.15, -0.1) is 0 Å². The molecule has 0 aliphatic rings. The number of nitrogens with one attached hydrogen (secondary N) is 1. The third-order valence-electron chi connectivity index (χ3n) is 2.28. The average Bonchev–Trinajstić information content (AvgIpc) is 2.28. The summed E-state index contributed by atoms with van der Waals surface area (Å²) >= 11 is 3.38. The SMILES string of the molecule is Cc1c(F)cccc1Nc1ncccc1Br. The molecule has 0 atom stereocenters. The molecule has 4 heteroatoms. The lowest BCUT2D eigenvalue weighted by atomic mass is 10.2. The molecule has 0 bridgehead atoms. The van der Waals surface area contributed by atoms with Crippen molar-refractivity contribution < 1.29 is 4.39 Å². The summed E-state index contributed by atoms with van der Waals surface area (Å²) in [6.45, 7) is 1.73. The molecule has 2 rings (SSSR count). The first-order valence-corrected chi connectivity index (χ1v) is 5.60. The van der Waals surface area contributed by atoms with Gasteiger partial charge in [-0.05, 0) is 47.1 Å². The number of hydrogen-bond donors (Lipinski definition) is 1. The van der Waals surface area contributed by atoms with Crippen LogP contribution in [0.4, 0.5) is 15.9 Å². The van der Waals surface area contributed by atoms with Crippen LogP contribution < -0.4 is 5.32 Å². The van der Waals surface area contributed by atoms with Gasteiger partial charge in [-0.3, -0.25) is 0 Å². The van der Waals surface area contributed by atoms with Crippen molar-refractivity contribution in [1.82, 2.24) is 4.98 Å². The average molecular weight is 281 g/mol. The summed E-state index contributed by atoms with van der Waals surface area (Å²) in [6, 6.07) is 8.63. The Morgan fingerprint density at radius 1 is 1.25 bits per heavy atom. The van der Waals surface area contributed by atoms with Crippen molar-refractivity contribution in [2.75, 3.05) is 5.32 Å². The van der Waals surface area contributed by atoms with E-state index in [-0.39, 0.29) is 5.82 Å². The fourth-order valence-electron chi connectivity index (χ4n) is 1.35. The Labute approximate surface area is 102 Å². The number of benzene rings is 1. The minimum Gasteiger partial charge on any atom is -0.339 e. The zero-order valence-electron chi connectivity index (χ0n) is 8.67. The molecule has 0 amide bonds. The van der Waals surface area contributed by atoms with Crippen molar-refractivity contribution in [1.29, 1.82) is 0 Å². The lowest BCUT2D eigenvalue weighted by Crippen LogP contribution is -1.97. The van der Waals surface area contributed by atoms with Crippen LogP contribution in [0.15, 0.2) is 41.0 Å². The Morgan fingerprint density at radius 2 is 2.06 bits per heavy atom. The van der Waals surface area contributed by atoms with Crippen LogP contribution in [0.5, 0.6) is 0 Å². The largest absolute Gasteiger partial charge is 0.339 e. The van der Waals surface area contributed by atoms with E-state index >= 15 is 0 Å². The van der Waals surface area contributed by atoms with Gasteiger partial charge in [-0.1, -0.05) is 6.07 Å². The minimum absolute atomic E-state index is 0.225. The van der Waals surface area contributed by atoms with Crippen LogP contribution in [0.25, 0.3) is 0 Å². The lowest BCUT2D eigenvalue weighted by molar-refractivity contribution is 0.619. The van der Waals surface area contributed by atoms with Gasteiger partial charge < -0.3 is 5.32 Å². The summed E-state index contributed by atoms with van der Waals surface area (Å²) in [6.07, 6.45) is 1.68. The van der Waals surface area contributed by atoms with E-state index in [4.69, 9.17) is 0 Å². The molecule has 0 aliphatic carbocycles. The highest BCUT2D eigenvalue weighted by atomic mass is 79.9. The number of rotatable bonds is 2. The van der Waals surface area contributed by atoms with Gasteiger partial charge in [0.15, 0.2) is 0 Å². The molecule has 82 valence electrons. The van der Waals surface area contributed by atoms with Crippen molar-refractivity contribution in [2.45, 2.75) is 6.92 Å². The van der Waals surface area contributed by atoms with Crippen molar-refractivity contribution in [3.63, 3.8) is 0 Å². The topological polar surface area (TPSA) is 24.9 Å². The second kappa shape index (κ2) is 4.61. The first-order chi connectivity index (χ1) is 7.68. The van der Waals surface area contributed by atoms with Gasteiger partial charge in [0, 0.05) is 17.4 Å². The molecule has 16 heavy (non-hydrogen) atoms. The van der Waals surface area contributed by atoms with Gasteiger partial charge in [0.25, 0.3) is 0 Å². The normalized spacial score (nSPS) is 10.2. The van der Waals surface area contributed by atoms with Crippen molar-refractivity contribution in [3.05, 3.63) is 52.4 Å². The van der Waals surface area contributed by atoms with Crippen LogP contribution in [0.2, 0.25) is 0 Å². The fourth-order valence-corrected chi connectivity index (χ4v) is 1.70. The van der Waals surface area contributed by atoms with Crippen LogP contribution in [0, 0.1) is 12.7 Å². The molecule has 1 heterocycles. The standard InChI is InChI=1S/C12H10BrFN2/c1-8-10(14)5-2-6-11(8)16-12-9(13)4-3-7-15-12/h2-7H,1H3,(H,15,16). The number of nitrogens with zero attached hydrogens (tertiary/aromatic N) is 1. The van der Waals surface area contributed by atoms with E-state index in [9.17, 15) is 4.39 Å². The Hall–Kier alpha value is -1.42. The molecule has 0 radical (unpaired) electrons. The summed E-state index contributed by atoms with van der Waals surface area (Å²) in [5.41, 5.74) is 1.31. The van der Waals surface area contributed by atoms with Crippen molar-refractivity contribution in [3.8, 4) is 0 Å². The first kappa shape index (κ1) is 11.1. The van der Waals surface area contributed by atoms with Crippen LogP contribution in [-0.2, 0) is 0 Å². The molecule has 0 spiro atoms. The molecule has 0 saturated heterocycles. The smallest absolute Gasteiger partial charge is 0.144 e. The monoisotopic (exact) mass is 280 g/mol. The molecule has 2 aromatic rings. The Kier molecular flexibility index (Phi) is 3.19. The fraction of sp³-hybridized carbons (Fsp3) is 0.0833. The highest BCUT2D eigenvalue weighted by Gasteiger charge is 2.05. The van der Waals surface area contributed by atoms with Crippen molar-refractivity contribution in [2.24, 2.45) is 0 Å². The highest BCUT2D eigenvalue weighted by molar-refractivity contribution is 9.10.